The van der Waals surface area contributed by atoms with Crippen molar-refractivity contribution in [2.24, 2.45) is 10.7 Å². The van der Waals surface area contributed by atoms with Gasteiger partial charge in [-0.3, -0.25) is 4.79 Å². The smallest absolute Gasteiger partial charge is 0.283 e. The first-order valence-corrected chi connectivity index (χ1v) is 9.45. The number of benzene rings is 1. The van der Waals surface area contributed by atoms with Crippen molar-refractivity contribution < 1.29 is 22.7 Å². The van der Waals surface area contributed by atoms with Gasteiger partial charge in [0.15, 0.2) is 6.10 Å². The highest BCUT2D eigenvalue weighted by Gasteiger charge is 2.48. The summed E-state index contributed by atoms with van der Waals surface area (Å²) in [4.78, 5) is 20.5. The molecule has 10 heteroatoms. The summed E-state index contributed by atoms with van der Waals surface area (Å²) in [5.74, 6) is -4.47. The van der Waals surface area contributed by atoms with Gasteiger partial charge in [0.1, 0.15) is 17.6 Å². The van der Waals surface area contributed by atoms with Crippen LogP contribution < -0.4 is 11.1 Å². The highest BCUT2D eigenvalue weighted by Crippen LogP contribution is 2.43. The minimum atomic E-state index is -3.22. The van der Waals surface area contributed by atoms with Crippen molar-refractivity contribution in [3.8, 4) is 6.07 Å². The Kier molecular flexibility index (Phi) is 5.88. The number of alkyl halides is 2. The molecule has 2 unspecified atom stereocenters. The fourth-order valence-corrected chi connectivity index (χ4v) is 3.39. The van der Waals surface area contributed by atoms with E-state index in [0.29, 0.717) is 12.5 Å². The number of anilines is 1. The van der Waals surface area contributed by atoms with Crippen LogP contribution in [0.15, 0.2) is 41.5 Å². The number of aliphatic imine (C=N–C) groups is 1. The first-order chi connectivity index (χ1) is 14.6. The van der Waals surface area contributed by atoms with Crippen LogP contribution in [0.4, 0.5) is 18.9 Å². The first-order valence-electron chi connectivity index (χ1n) is 9.45. The van der Waals surface area contributed by atoms with Gasteiger partial charge in [-0.05, 0) is 36.8 Å². The van der Waals surface area contributed by atoms with Gasteiger partial charge in [0.05, 0.1) is 11.1 Å². The van der Waals surface area contributed by atoms with E-state index < -0.39 is 35.3 Å². The van der Waals surface area contributed by atoms with Gasteiger partial charge in [0, 0.05) is 30.8 Å². The molecule has 0 aliphatic carbocycles. The summed E-state index contributed by atoms with van der Waals surface area (Å²) in [6, 6.07) is 8.06. The fourth-order valence-electron chi connectivity index (χ4n) is 3.39. The van der Waals surface area contributed by atoms with Gasteiger partial charge in [0.2, 0.25) is 0 Å². The summed E-state index contributed by atoms with van der Waals surface area (Å²) in [7, 11) is 0. The second kappa shape index (κ2) is 8.26. The van der Waals surface area contributed by atoms with Crippen molar-refractivity contribution in [2.45, 2.75) is 44.3 Å². The maximum atomic E-state index is 14.8. The molecule has 7 nitrogen and oxygen atoms in total. The van der Waals surface area contributed by atoms with E-state index in [-0.39, 0.29) is 29.8 Å². The second-order valence-corrected chi connectivity index (χ2v) is 7.29. The zero-order chi connectivity index (χ0) is 22.8. The van der Waals surface area contributed by atoms with E-state index in [1.165, 1.54) is 30.5 Å². The number of halogens is 3. The van der Waals surface area contributed by atoms with Gasteiger partial charge < -0.3 is 15.8 Å². The number of amides is 1. The van der Waals surface area contributed by atoms with Crippen molar-refractivity contribution in [1.82, 2.24) is 4.98 Å². The standard InChI is InChI=1S/C21H20F3N5O2/c1-3-21(9-17(20(2,23)24)31-19(26)29-21)14-8-13(5-6-15(14)22)28-18(30)16-7-4-12(10-25)11-27-16/h4-8,11,17H,3,9H2,1-2H3,(H2,26,29)(H,28,30). The molecule has 31 heavy (non-hydrogen) atoms. The molecule has 162 valence electrons. The first kappa shape index (κ1) is 22.1. The Morgan fingerprint density at radius 3 is 2.74 bits per heavy atom. The third-order valence-corrected chi connectivity index (χ3v) is 5.11. The number of nitrogens with zero attached hydrogens (tertiary/aromatic N) is 3. The molecule has 0 saturated carbocycles. The lowest BCUT2D eigenvalue weighted by Gasteiger charge is -2.39. The Morgan fingerprint density at radius 1 is 1.42 bits per heavy atom. The number of nitrogens with two attached hydrogens (primary N) is 1. The average Bonchev–Trinajstić information content (AvgIpc) is 2.74. The molecule has 1 aromatic heterocycles. The third kappa shape index (κ3) is 4.60. The Labute approximate surface area is 176 Å². The summed E-state index contributed by atoms with van der Waals surface area (Å²) in [5.41, 5.74) is 4.85. The molecule has 0 radical (unpaired) electrons. The Bertz CT molecular complexity index is 1060. The number of carbonyl (C=O) groups excluding carboxylic acids is 1. The molecule has 2 atom stereocenters. The van der Waals surface area contributed by atoms with E-state index >= 15 is 0 Å². The lowest BCUT2D eigenvalue weighted by Crippen LogP contribution is -2.47. The number of aromatic nitrogens is 1. The van der Waals surface area contributed by atoms with Gasteiger partial charge >= 0.3 is 0 Å². The monoisotopic (exact) mass is 431 g/mol. The van der Waals surface area contributed by atoms with Crippen molar-refractivity contribution in [2.75, 3.05) is 5.32 Å². The highest BCUT2D eigenvalue weighted by atomic mass is 19.3. The van der Waals surface area contributed by atoms with Gasteiger partial charge in [-0.2, -0.15) is 5.26 Å². The van der Waals surface area contributed by atoms with Crippen LogP contribution in [-0.4, -0.2) is 28.9 Å². The maximum Gasteiger partial charge on any atom is 0.283 e. The van der Waals surface area contributed by atoms with Crippen molar-refractivity contribution in [3.05, 3.63) is 59.2 Å². The number of nitrogens with one attached hydrogen (secondary N) is 1. The number of rotatable bonds is 5. The van der Waals surface area contributed by atoms with E-state index in [9.17, 15) is 18.0 Å². The van der Waals surface area contributed by atoms with Gasteiger partial charge in [0.25, 0.3) is 17.9 Å². The van der Waals surface area contributed by atoms with E-state index in [0.717, 1.165) is 6.07 Å². The van der Waals surface area contributed by atoms with Crippen molar-refractivity contribution >= 4 is 17.6 Å². The summed E-state index contributed by atoms with van der Waals surface area (Å²) in [5, 5.41) is 11.4. The molecule has 0 saturated heterocycles. The molecule has 2 heterocycles. The largest absolute Gasteiger partial charge is 0.456 e. The van der Waals surface area contributed by atoms with Crippen LogP contribution in [0.1, 0.15) is 48.3 Å². The van der Waals surface area contributed by atoms with E-state index in [1.807, 2.05) is 6.07 Å². The number of pyridine rings is 1. The van der Waals surface area contributed by atoms with E-state index in [1.54, 1.807) is 6.92 Å². The Hall–Kier alpha value is -3.61. The minimum absolute atomic E-state index is 0.0149. The number of carbonyl (C=O) groups is 1. The predicted molar refractivity (Wildman–Crippen MR) is 107 cm³/mol. The molecule has 0 spiro atoms. The second-order valence-electron chi connectivity index (χ2n) is 7.29. The molecule has 1 aromatic carbocycles. The third-order valence-electron chi connectivity index (χ3n) is 5.11. The summed E-state index contributed by atoms with van der Waals surface area (Å²) < 4.78 is 47.7. The molecule has 1 aliphatic heterocycles. The number of hydrogen-bond donors (Lipinski definition) is 2. The molecule has 0 bridgehead atoms. The van der Waals surface area contributed by atoms with Gasteiger partial charge in [-0.15, -0.1) is 0 Å². The molecule has 2 aromatic rings. The normalized spacial score (nSPS) is 20.9. The molecule has 1 amide bonds. The molecular weight excluding hydrogens is 411 g/mol. The number of ether oxygens (including phenoxy) is 1. The van der Waals surface area contributed by atoms with Crippen LogP contribution in [0, 0.1) is 17.1 Å². The van der Waals surface area contributed by atoms with Crippen LogP contribution in [0.2, 0.25) is 0 Å². The lowest BCUT2D eigenvalue weighted by atomic mass is 9.80. The van der Waals surface area contributed by atoms with Crippen LogP contribution in [0.3, 0.4) is 0 Å². The molecule has 3 rings (SSSR count). The van der Waals surface area contributed by atoms with Crippen LogP contribution in [-0.2, 0) is 10.3 Å². The average molecular weight is 431 g/mol. The fraction of sp³-hybridized carbons (Fsp3) is 0.333. The number of hydrogen-bond acceptors (Lipinski definition) is 6. The van der Waals surface area contributed by atoms with E-state index in [4.69, 9.17) is 15.7 Å². The molecular formula is C21H20F3N5O2. The summed E-state index contributed by atoms with van der Waals surface area (Å²) in [6.07, 6.45) is -0.443. The number of nitriles is 1. The van der Waals surface area contributed by atoms with E-state index in [2.05, 4.69) is 15.3 Å². The lowest BCUT2D eigenvalue weighted by molar-refractivity contribution is -0.105. The van der Waals surface area contributed by atoms with Crippen LogP contribution in [0.25, 0.3) is 0 Å². The topological polar surface area (TPSA) is 113 Å². The Morgan fingerprint density at radius 2 is 2.16 bits per heavy atom. The number of amidine groups is 1. The SMILES string of the molecule is CCC1(c2cc(NC(=O)c3ccc(C#N)cn3)ccc2F)CC(C(C)(F)F)OC(N)=N1. The molecule has 0 fully saturated rings. The zero-order valence-electron chi connectivity index (χ0n) is 16.8. The molecule has 1 aliphatic rings. The van der Waals surface area contributed by atoms with Crippen molar-refractivity contribution in [1.29, 1.82) is 5.26 Å². The zero-order valence-corrected chi connectivity index (χ0v) is 16.8. The van der Waals surface area contributed by atoms with Crippen LogP contribution >= 0.6 is 0 Å². The minimum Gasteiger partial charge on any atom is -0.456 e. The highest BCUT2D eigenvalue weighted by molar-refractivity contribution is 6.02. The molecule has 3 N–H and O–H groups in total. The van der Waals surface area contributed by atoms with Gasteiger partial charge in [-0.25, -0.2) is 23.1 Å². The quantitative estimate of drug-likeness (QED) is 0.749. The maximum absolute atomic E-state index is 14.8. The van der Waals surface area contributed by atoms with Crippen molar-refractivity contribution in [3.63, 3.8) is 0 Å². The predicted octanol–water partition coefficient (Wildman–Crippen LogP) is 3.71. The summed E-state index contributed by atoms with van der Waals surface area (Å²) >= 11 is 0. The Balaban J connectivity index is 1.94. The van der Waals surface area contributed by atoms with Crippen LogP contribution in [0.5, 0.6) is 0 Å². The summed E-state index contributed by atoms with van der Waals surface area (Å²) in [6.45, 7) is 2.38. The van der Waals surface area contributed by atoms with Gasteiger partial charge in [-0.1, -0.05) is 6.92 Å².